The molecule has 4 N–H and O–H groups in total. The first-order valence-electron chi connectivity index (χ1n) is 14.8. The second-order valence-electron chi connectivity index (χ2n) is 11.8. The van der Waals surface area contributed by atoms with Gasteiger partial charge in [-0.1, -0.05) is 6.92 Å². The number of non-ortho nitro benzene ring substituents is 1. The number of β-lactam (4-membered cyclic amide) rings is 1. The molecular formula is C29H38N6O8S. The fourth-order valence-corrected chi connectivity index (χ4v) is 8.03. The maximum atomic E-state index is 13.5. The number of hydrogen-bond acceptors (Lipinski definition) is 11. The number of ether oxygens (including phenoxy) is 1. The van der Waals surface area contributed by atoms with Crippen molar-refractivity contribution in [2.45, 2.75) is 56.7 Å². The number of amides is 3. The summed E-state index contributed by atoms with van der Waals surface area (Å²) in [7, 11) is 0. The molecule has 4 aliphatic rings. The van der Waals surface area contributed by atoms with Gasteiger partial charge in [-0.3, -0.25) is 29.4 Å². The van der Waals surface area contributed by atoms with Gasteiger partial charge in [0.25, 0.3) is 5.69 Å². The number of carbonyl (C=O) groups is 4. The first-order valence-corrected chi connectivity index (χ1v) is 15.7. The summed E-state index contributed by atoms with van der Waals surface area (Å²) in [5.74, 6) is -2.26. The number of nitrogens with zero attached hydrogens (tertiary/aromatic N) is 4. The quantitative estimate of drug-likeness (QED) is 0.139. The molecule has 3 fully saturated rings. The van der Waals surface area contributed by atoms with E-state index < -0.39 is 34.9 Å². The van der Waals surface area contributed by atoms with Crippen LogP contribution in [0, 0.1) is 22.0 Å². The van der Waals surface area contributed by atoms with Gasteiger partial charge in [-0.2, -0.15) is 0 Å². The van der Waals surface area contributed by atoms with Crippen LogP contribution in [0.1, 0.15) is 32.3 Å². The molecule has 0 aliphatic carbocycles. The number of nitrogens with one attached hydrogen (secondary N) is 1. The molecule has 0 radical (unpaired) electrons. The molecule has 0 bridgehead atoms. The lowest BCUT2D eigenvalue weighted by Crippen LogP contribution is -2.63. The third kappa shape index (κ3) is 6.46. The minimum atomic E-state index is -0.879. The zero-order chi connectivity index (χ0) is 31.7. The van der Waals surface area contributed by atoms with Gasteiger partial charge >= 0.3 is 5.97 Å². The average Bonchev–Trinajstić information content (AvgIpc) is 3.44. The predicted octanol–water partition coefficient (Wildman–Crippen LogP) is 0.190. The summed E-state index contributed by atoms with van der Waals surface area (Å²) in [5, 5.41) is 24.5. The first kappa shape index (κ1) is 31.9. The number of benzene rings is 1. The zero-order valence-corrected chi connectivity index (χ0v) is 25.5. The number of aliphatic hydroxyl groups is 1. The fourth-order valence-electron chi connectivity index (χ4n) is 6.55. The summed E-state index contributed by atoms with van der Waals surface area (Å²) in [6.45, 7) is 6.44. The molecule has 44 heavy (non-hydrogen) atoms. The van der Waals surface area contributed by atoms with Crippen LogP contribution in [-0.4, -0.2) is 111 Å². The SMILES string of the molecule is C[C@@H](O)[C@H]1C(=O)N2C(C(=O)OCc3ccc([N+](=O)[O-])cc3)=C(S[C@@H]3CN[C@H](C(=O)N4CCCN(CC(N)=O)CC4)C3)[C@H](C)[C@H]12. The van der Waals surface area contributed by atoms with Gasteiger partial charge in [0.1, 0.15) is 12.3 Å². The molecule has 0 saturated carbocycles. The van der Waals surface area contributed by atoms with Gasteiger partial charge in [0.2, 0.25) is 17.7 Å². The molecule has 15 heteroatoms. The molecule has 1 aromatic rings. The van der Waals surface area contributed by atoms with E-state index in [-0.39, 0.29) is 53.6 Å². The predicted molar refractivity (Wildman–Crippen MR) is 160 cm³/mol. The molecule has 14 nitrogen and oxygen atoms in total. The number of nitro groups is 1. The number of primary amides is 1. The van der Waals surface area contributed by atoms with Crippen LogP contribution in [0.3, 0.4) is 0 Å². The minimum Gasteiger partial charge on any atom is -0.456 e. The number of rotatable bonds is 10. The van der Waals surface area contributed by atoms with Gasteiger partial charge in [-0.05, 0) is 37.5 Å². The van der Waals surface area contributed by atoms with Crippen molar-refractivity contribution in [3.63, 3.8) is 0 Å². The first-order chi connectivity index (χ1) is 21.0. The molecular weight excluding hydrogens is 592 g/mol. The molecule has 6 atom stereocenters. The number of thioether (sulfide) groups is 1. The standard InChI is InChI=1S/C29H38N6O8S/c1-16-24-23(17(2)36)28(39)34(24)25(29(40)43-15-18-4-6-19(7-5-18)35(41)42)26(16)44-20-12-21(31-13-20)27(38)33-9-3-8-32(10-11-33)14-22(30)37/h4-7,16-17,20-21,23-24,31,36H,3,8-15H2,1-2H3,(H2,30,37)/t16-,17-,20+,21+,23-,24-/m1/s1. The maximum absolute atomic E-state index is 13.5. The highest BCUT2D eigenvalue weighted by Gasteiger charge is 2.60. The molecule has 3 saturated heterocycles. The Hall–Kier alpha value is -3.53. The van der Waals surface area contributed by atoms with Crippen molar-refractivity contribution in [2.75, 3.05) is 39.3 Å². The monoisotopic (exact) mass is 630 g/mol. The van der Waals surface area contributed by atoms with E-state index in [0.717, 1.165) is 6.42 Å². The Bertz CT molecular complexity index is 1350. The highest BCUT2D eigenvalue weighted by molar-refractivity contribution is 8.03. The van der Waals surface area contributed by atoms with E-state index >= 15 is 0 Å². The Morgan fingerprint density at radius 1 is 1.20 bits per heavy atom. The van der Waals surface area contributed by atoms with E-state index in [4.69, 9.17) is 10.5 Å². The van der Waals surface area contributed by atoms with E-state index in [1.54, 1.807) is 6.92 Å². The van der Waals surface area contributed by atoms with Crippen molar-refractivity contribution in [3.05, 3.63) is 50.5 Å². The third-order valence-electron chi connectivity index (χ3n) is 8.78. The highest BCUT2D eigenvalue weighted by atomic mass is 32.2. The molecule has 1 aromatic carbocycles. The number of nitrogens with two attached hydrogens (primary N) is 1. The molecule has 0 aromatic heterocycles. The van der Waals surface area contributed by atoms with Gasteiger partial charge in [0, 0.05) is 60.9 Å². The van der Waals surface area contributed by atoms with Gasteiger partial charge in [-0.15, -0.1) is 11.8 Å². The van der Waals surface area contributed by atoms with Crippen LogP contribution < -0.4 is 11.1 Å². The summed E-state index contributed by atoms with van der Waals surface area (Å²) in [6, 6.07) is 4.91. The van der Waals surface area contributed by atoms with Gasteiger partial charge in [0.15, 0.2) is 0 Å². The van der Waals surface area contributed by atoms with E-state index in [9.17, 15) is 34.4 Å². The molecule has 0 unspecified atom stereocenters. The zero-order valence-electron chi connectivity index (χ0n) is 24.7. The largest absolute Gasteiger partial charge is 0.456 e. The molecule has 0 spiro atoms. The average molecular weight is 631 g/mol. The molecule has 3 amide bonds. The molecule has 238 valence electrons. The lowest BCUT2D eigenvalue weighted by Gasteiger charge is -2.46. The van der Waals surface area contributed by atoms with Crippen molar-refractivity contribution in [2.24, 2.45) is 17.6 Å². The Morgan fingerprint density at radius 3 is 2.59 bits per heavy atom. The Balaban J connectivity index is 1.27. The van der Waals surface area contributed by atoms with Gasteiger partial charge < -0.3 is 30.7 Å². The molecule has 5 rings (SSSR count). The number of aliphatic hydroxyl groups excluding tert-OH is 1. The van der Waals surface area contributed by atoms with Gasteiger partial charge in [0.05, 0.1) is 35.6 Å². The fraction of sp³-hybridized carbons (Fsp3) is 0.586. The number of esters is 1. The Morgan fingerprint density at radius 2 is 1.93 bits per heavy atom. The topological polar surface area (TPSA) is 189 Å². The third-order valence-corrected chi connectivity index (χ3v) is 10.3. The van der Waals surface area contributed by atoms with Crippen LogP contribution in [0.25, 0.3) is 0 Å². The van der Waals surface area contributed by atoms with Crippen LogP contribution in [-0.2, 0) is 30.5 Å². The van der Waals surface area contributed by atoms with Crippen molar-refractivity contribution < 1.29 is 33.9 Å². The van der Waals surface area contributed by atoms with E-state index in [1.165, 1.54) is 40.9 Å². The smallest absolute Gasteiger partial charge is 0.356 e. The second-order valence-corrected chi connectivity index (χ2v) is 13.2. The lowest BCUT2D eigenvalue weighted by molar-refractivity contribution is -0.384. The maximum Gasteiger partial charge on any atom is 0.356 e. The Labute approximate surface area is 259 Å². The van der Waals surface area contributed by atoms with Gasteiger partial charge in [-0.25, -0.2) is 4.79 Å². The summed E-state index contributed by atoms with van der Waals surface area (Å²) in [6.07, 6.45) is 0.399. The van der Waals surface area contributed by atoms with Crippen LogP contribution in [0.15, 0.2) is 34.9 Å². The molecule has 4 heterocycles. The normalized spacial score (nSPS) is 27.9. The van der Waals surface area contributed by atoms with Crippen molar-refractivity contribution >= 4 is 41.1 Å². The van der Waals surface area contributed by atoms with Crippen LogP contribution in [0.5, 0.6) is 0 Å². The molecule has 4 aliphatic heterocycles. The summed E-state index contributed by atoms with van der Waals surface area (Å²) >= 11 is 1.46. The van der Waals surface area contributed by atoms with E-state index in [2.05, 4.69) is 5.32 Å². The number of carbonyl (C=O) groups excluding carboxylic acids is 4. The number of hydrogen-bond donors (Lipinski definition) is 3. The second kappa shape index (κ2) is 13.2. The summed E-state index contributed by atoms with van der Waals surface area (Å²) < 4.78 is 5.59. The van der Waals surface area contributed by atoms with Crippen molar-refractivity contribution in [3.8, 4) is 0 Å². The van der Waals surface area contributed by atoms with E-state index in [1.807, 2.05) is 16.7 Å². The van der Waals surface area contributed by atoms with Crippen LogP contribution >= 0.6 is 11.8 Å². The summed E-state index contributed by atoms with van der Waals surface area (Å²) in [4.78, 5) is 67.6. The van der Waals surface area contributed by atoms with Crippen molar-refractivity contribution in [1.82, 2.24) is 20.0 Å². The number of nitro benzene ring substituents is 1. The Kier molecular flexibility index (Phi) is 9.58. The van der Waals surface area contributed by atoms with Crippen LogP contribution in [0.4, 0.5) is 5.69 Å². The van der Waals surface area contributed by atoms with Crippen LogP contribution in [0.2, 0.25) is 0 Å². The van der Waals surface area contributed by atoms with E-state index in [0.29, 0.717) is 49.6 Å². The van der Waals surface area contributed by atoms with Crippen molar-refractivity contribution in [1.29, 1.82) is 0 Å². The highest BCUT2D eigenvalue weighted by Crippen LogP contribution is 2.52. The summed E-state index contributed by atoms with van der Waals surface area (Å²) in [5.41, 5.74) is 5.98. The minimum absolute atomic E-state index is 0.00151. The number of fused-ring (bicyclic) bond motifs is 1. The lowest BCUT2D eigenvalue weighted by atomic mass is 9.79.